The zero-order chi connectivity index (χ0) is 11.4. The molecule has 0 radical (unpaired) electrons. The molecule has 1 N–H and O–H groups in total. The van der Waals surface area contributed by atoms with E-state index in [-0.39, 0.29) is 5.91 Å². The van der Waals surface area contributed by atoms with Crippen molar-refractivity contribution in [2.75, 3.05) is 32.8 Å². The summed E-state index contributed by atoms with van der Waals surface area (Å²) in [6.45, 7) is 6.17. The molecule has 2 aliphatic heterocycles. The molecule has 0 aromatic carbocycles. The molecule has 2 atom stereocenters. The van der Waals surface area contributed by atoms with Crippen molar-refractivity contribution in [1.82, 2.24) is 10.2 Å². The van der Waals surface area contributed by atoms with Crippen molar-refractivity contribution >= 4 is 5.91 Å². The molecule has 0 bridgehead atoms. The first-order chi connectivity index (χ1) is 7.81. The zero-order valence-electron chi connectivity index (χ0n) is 10.1. The number of ether oxygens (including phenoxy) is 1. The molecule has 0 aliphatic carbocycles. The van der Waals surface area contributed by atoms with Crippen LogP contribution in [0.3, 0.4) is 0 Å². The molecule has 92 valence electrons. The van der Waals surface area contributed by atoms with E-state index in [0.717, 1.165) is 19.6 Å². The van der Waals surface area contributed by atoms with E-state index < -0.39 is 0 Å². The Morgan fingerprint density at radius 1 is 1.50 bits per heavy atom. The Hall–Kier alpha value is -0.610. The summed E-state index contributed by atoms with van der Waals surface area (Å²) in [5, 5.41) is 3.51. The normalized spacial score (nSPS) is 29.2. The van der Waals surface area contributed by atoms with E-state index in [1.807, 2.05) is 11.8 Å². The third kappa shape index (κ3) is 2.74. The number of carbonyl (C=O) groups is 1. The lowest BCUT2D eigenvalue weighted by Gasteiger charge is -2.24. The van der Waals surface area contributed by atoms with Crippen LogP contribution >= 0.6 is 0 Å². The Labute approximate surface area is 97.3 Å². The average molecular weight is 226 g/mol. The van der Waals surface area contributed by atoms with E-state index >= 15 is 0 Å². The van der Waals surface area contributed by atoms with Crippen LogP contribution < -0.4 is 5.32 Å². The Morgan fingerprint density at radius 3 is 3.12 bits per heavy atom. The lowest BCUT2D eigenvalue weighted by Crippen LogP contribution is -2.41. The largest absolute Gasteiger partial charge is 0.381 e. The van der Waals surface area contributed by atoms with Crippen LogP contribution in [0.2, 0.25) is 0 Å². The molecule has 2 aliphatic rings. The first-order valence-corrected chi connectivity index (χ1v) is 6.40. The van der Waals surface area contributed by atoms with Crippen LogP contribution in [0, 0.1) is 5.92 Å². The second kappa shape index (κ2) is 5.64. The number of nitrogens with one attached hydrogen (secondary N) is 1. The van der Waals surface area contributed by atoms with Crippen molar-refractivity contribution < 1.29 is 9.53 Å². The Morgan fingerprint density at radius 2 is 2.38 bits per heavy atom. The highest BCUT2D eigenvalue weighted by molar-refractivity contribution is 5.76. The summed E-state index contributed by atoms with van der Waals surface area (Å²) in [5.41, 5.74) is 0. The topological polar surface area (TPSA) is 41.6 Å². The molecular weight excluding hydrogens is 204 g/mol. The summed E-state index contributed by atoms with van der Waals surface area (Å²) in [4.78, 5) is 13.9. The fourth-order valence-corrected chi connectivity index (χ4v) is 2.71. The van der Waals surface area contributed by atoms with Crippen LogP contribution in [-0.2, 0) is 9.53 Å². The van der Waals surface area contributed by atoms with Gasteiger partial charge in [0.2, 0.25) is 5.91 Å². The molecule has 4 heteroatoms. The number of carbonyl (C=O) groups excluding carboxylic acids is 1. The quantitative estimate of drug-likeness (QED) is 0.715. The molecule has 0 saturated carbocycles. The Bertz CT molecular complexity index is 231. The number of hydrogen-bond donors (Lipinski definition) is 1. The summed E-state index contributed by atoms with van der Waals surface area (Å²) in [6.07, 6.45) is 3.06. The number of rotatable bonds is 4. The predicted molar refractivity (Wildman–Crippen MR) is 62.2 cm³/mol. The van der Waals surface area contributed by atoms with Crippen molar-refractivity contribution in [2.24, 2.45) is 5.92 Å². The third-order valence-electron chi connectivity index (χ3n) is 3.62. The van der Waals surface area contributed by atoms with Gasteiger partial charge >= 0.3 is 0 Å². The Kier molecular flexibility index (Phi) is 4.18. The molecular formula is C12H22N2O2. The van der Waals surface area contributed by atoms with Gasteiger partial charge in [-0.1, -0.05) is 0 Å². The van der Waals surface area contributed by atoms with Gasteiger partial charge in [0, 0.05) is 25.7 Å². The summed E-state index contributed by atoms with van der Waals surface area (Å²) in [5.74, 6) is 0.939. The summed E-state index contributed by atoms with van der Waals surface area (Å²) >= 11 is 0. The van der Waals surface area contributed by atoms with Crippen LogP contribution in [0.5, 0.6) is 0 Å². The van der Waals surface area contributed by atoms with Crippen LogP contribution in [-0.4, -0.2) is 49.7 Å². The van der Waals surface area contributed by atoms with Gasteiger partial charge in [-0.25, -0.2) is 0 Å². The average Bonchev–Trinajstić information content (AvgIpc) is 2.73. The number of fused-ring (bicyclic) bond motifs is 1. The smallest absolute Gasteiger partial charge is 0.224 e. The van der Waals surface area contributed by atoms with E-state index in [9.17, 15) is 4.79 Å². The maximum Gasteiger partial charge on any atom is 0.224 e. The molecule has 0 aromatic rings. The monoisotopic (exact) mass is 226 g/mol. The van der Waals surface area contributed by atoms with Crippen LogP contribution in [0.15, 0.2) is 0 Å². The summed E-state index contributed by atoms with van der Waals surface area (Å²) in [7, 11) is 0. The van der Waals surface area contributed by atoms with Crippen molar-refractivity contribution in [1.29, 1.82) is 0 Å². The van der Waals surface area contributed by atoms with E-state index in [1.54, 1.807) is 0 Å². The SMILES string of the molecule is CCOCCC(=O)N1CC2CCCNC2C1. The van der Waals surface area contributed by atoms with Gasteiger partial charge in [-0.05, 0) is 32.2 Å². The van der Waals surface area contributed by atoms with Crippen molar-refractivity contribution in [3.8, 4) is 0 Å². The van der Waals surface area contributed by atoms with Gasteiger partial charge in [0.15, 0.2) is 0 Å². The molecule has 2 heterocycles. The van der Waals surface area contributed by atoms with Crippen LogP contribution in [0.4, 0.5) is 0 Å². The molecule has 16 heavy (non-hydrogen) atoms. The fourth-order valence-electron chi connectivity index (χ4n) is 2.71. The van der Waals surface area contributed by atoms with E-state index in [1.165, 1.54) is 12.8 Å². The second-order valence-electron chi connectivity index (χ2n) is 4.71. The molecule has 0 aromatic heterocycles. The van der Waals surface area contributed by atoms with Gasteiger partial charge in [0.25, 0.3) is 0 Å². The molecule has 2 fully saturated rings. The highest BCUT2D eigenvalue weighted by Gasteiger charge is 2.35. The molecule has 2 unspecified atom stereocenters. The standard InChI is InChI=1S/C12H22N2O2/c1-2-16-7-5-12(15)14-8-10-4-3-6-13-11(10)9-14/h10-11,13H,2-9H2,1H3. The number of nitrogens with zero attached hydrogens (tertiary/aromatic N) is 1. The highest BCUT2D eigenvalue weighted by atomic mass is 16.5. The zero-order valence-corrected chi connectivity index (χ0v) is 10.1. The number of amides is 1. The first kappa shape index (κ1) is 11.9. The number of hydrogen-bond acceptors (Lipinski definition) is 3. The minimum Gasteiger partial charge on any atom is -0.381 e. The van der Waals surface area contributed by atoms with Gasteiger partial charge < -0.3 is 15.0 Å². The van der Waals surface area contributed by atoms with E-state index in [2.05, 4.69) is 5.32 Å². The van der Waals surface area contributed by atoms with Crippen molar-refractivity contribution in [3.63, 3.8) is 0 Å². The lowest BCUT2D eigenvalue weighted by atomic mass is 9.94. The first-order valence-electron chi connectivity index (χ1n) is 6.40. The maximum atomic E-state index is 11.9. The predicted octanol–water partition coefficient (Wildman–Crippen LogP) is 0.623. The van der Waals surface area contributed by atoms with Gasteiger partial charge in [-0.2, -0.15) is 0 Å². The molecule has 2 rings (SSSR count). The van der Waals surface area contributed by atoms with Crippen LogP contribution in [0.25, 0.3) is 0 Å². The van der Waals surface area contributed by atoms with E-state index in [4.69, 9.17) is 4.74 Å². The van der Waals surface area contributed by atoms with Crippen LogP contribution in [0.1, 0.15) is 26.2 Å². The maximum absolute atomic E-state index is 11.9. The minimum absolute atomic E-state index is 0.254. The summed E-state index contributed by atoms with van der Waals surface area (Å²) < 4.78 is 5.22. The molecule has 1 amide bonds. The van der Waals surface area contributed by atoms with Gasteiger partial charge in [-0.15, -0.1) is 0 Å². The third-order valence-corrected chi connectivity index (χ3v) is 3.62. The molecule has 0 spiro atoms. The second-order valence-corrected chi connectivity index (χ2v) is 4.71. The molecule has 2 saturated heterocycles. The van der Waals surface area contributed by atoms with Gasteiger partial charge in [-0.3, -0.25) is 4.79 Å². The van der Waals surface area contributed by atoms with Crippen molar-refractivity contribution in [3.05, 3.63) is 0 Å². The van der Waals surface area contributed by atoms with Gasteiger partial charge in [0.1, 0.15) is 0 Å². The number of piperidine rings is 1. The highest BCUT2D eigenvalue weighted by Crippen LogP contribution is 2.25. The van der Waals surface area contributed by atoms with E-state index in [0.29, 0.717) is 31.6 Å². The van der Waals surface area contributed by atoms with Crippen molar-refractivity contribution in [2.45, 2.75) is 32.2 Å². The number of likely N-dealkylation sites (tertiary alicyclic amines) is 1. The summed E-state index contributed by atoms with van der Waals surface area (Å²) in [6, 6.07) is 0.546. The van der Waals surface area contributed by atoms with Gasteiger partial charge in [0.05, 0.1) is 13.0 Å². The Balaban J connectivity index is 1.76. The lowest BCUT2D eigenvalue weighted by molar-refractivity contribution is -0.131. The minimum atomic E-state index is 0.254. The molecule has 4 nitrogen and oxygen atoms in total. The fraction of sp³-hybridized carbons (Fsp3) is 0.917.